The molecule has 2 aromatic rings. The highest BCUT2D eigenvalue weighted by Crippen LogP contribution is 2.41. The summed E-state index contributed by atoms with van der Waals surface area (Å²) in [4.78, 5) is 17.5. The molecule has 0 bridgehead atoms. The second-order valence-electron chi connectivity index (χ2n) is 7.87. The number of amides is 1. The summed E-state index contributed by atoms with van der Waals surface area (Å²) < 4.78 is 5.91. The van der Waals surface area contributed by atoms with Crippen LogP contribution in [0.15, 0.2) is 48.7 Å². The number of nitrogens with zero attached hydrogens (tertiary/aromatic N) is 1. The van der Waals surface area contributed by atoms with Crippen molar-refractivity contribution in [2.24, 2.45) is 0 Å². The van der Waals surface area contributed by atoms with E-state index in [0.717, 1.165) is 49.7 Å². The topological polar surface area (TPSA) is 51.2 Å². The molecule has 2 fully saturated rings. The maximum absolute atomic E-state index is 13.1. The van der Waals surface area contributed by atoms with Gasteiger partial charge in [-0.2, -0.15) is 0 Å². The smallest absolute Gasteiger partial charge is 0.230 e. The van der Waals surface area contributed by atoms with Crippen molar-refractivity contribution in [1.82, 2.24) is 10.3 Å². The Hall–Kier alpha value is -2.36. The Morgan fingerprint density at radius 2 is 1.78 bits per heavy atom. The van der Waals surface area contributed by atoms with Crippen LogP contribution in [-0.2, 0) is 16.8 Å². The van der Waals surface area contributed by atoms with Crippen LogP contribution in [0.4, 0.5) is 0 Å². The summed E-state index contributed by atoms with van der Waals surface area (Å²) in [5, 5.41) is 3.15. The molecule has 4 heteroatoms. The second kappa shape index (κ2) is 8.12. The number of ether oxygens (including phenoxy) is 1. The molecule has 0 unspecified atom stereocenters. The molecule has 142 valence electrons. The highest BCUT2D eigenvalue weighted by Gasteiger charge is 2.42. The second-order valence-corrected chi connectivity index (χ2v) is 7.87. The van der Waals surface area contributed by atoms with Crippen molar-refractivity contribution >= 4 is 5.91 Å². The van der Waals surface area contributed by atoms with Crippen LogP contribution in [0, 0.1) is 0 Å². The van der Waals surface area contributed by atoms with Crippen molar-refractivity contribution in [2.45, 2.75) is 69.4 Å². The fraction of sp³-hybridized carbons (Fsp3) is 0.478. The summed E-state index contributed by atoms with van der Waals surface area (Å²) in [6, 6.07) is 14.1. The molecule has 1 N–H and O–H groups in total. The molecule has 0 saturated heterocycles. The van der Waals surface area contributed by atoms with E-state index in [4.69, 9.17) is 4.74 Å². The zero-order chi connectivity index (χ0) is 18.5. The first kappa shape index (κ1) is 18.0. The standard InChI is InChI=1S/C23H28N2O2/c26-22(23(14-6-7-15-23)19-8-2-1-3-9-19)25-17-18-12-13-21(24-16-18)27-20-10-4-5-11-20/h1-3,8-9,12-13,16,20H,4-7,10-11,14-15,17H2,(H,25,26). The van der Waals surface area contributed by atoms with Crippen LogP contribution in [0.1, 0.15) is 62.5 Å². The lowest BCUT2D eigenvalue weighted by Crippen LogP contribution is -2.42. The van der Waals surface area contributed by atoms with E-state index in [0.29, 0.717) is 18.5 Å². The lowest BCUT2D eigenvalue weighted by molar-refractivity contribution is -0.126. The molecule has 2 aliphatic carbocycles. The van der Waals surface area contributed by atoms with E-state index in [1.165, 1.54) is 12.8 Å². The lowest BCUT2D eigenvalue weighted by Gasteiger charge is -2.28. The third kappa shape index (κ3) is 4.00. The fourth-order valence-corrected chi connectivity index (χ4v) is 4.50. The largest absolute Gasteiger partial charge is 0.474 e. The number of hydrogen-bond acceptors (Lipinski definition) is 3. The minimum atomic E-state index is -0.375. The Labute approximate surface area is 161 Å². The molecule has 1 amide bonds. The Morgan fingerprint density at radius 1 is 1.04 bits per heavy atom. The Bertz CT molecular complexity index is 746. The van der Waals surface area contributed by atoms with E-state index in [-0.39, 0.29) is 11.3 Å². The zero-order valence-corrected chi connectivity index (χ0v) is 15.8. The third-order valence-corrected chi connectivity index (χ3v) is 6.06. The monoisotopic (exact) mass is 364 g/mol. The Kier molecular flexibility index (Phi) is 5.42. The fourth-order valence-electron chi connectivity index (χ4n) is 4.50. The van der Waals surface area contributed by atoms with E-state index in [1.54, 1.807) is 0 Å². The predicted octanol–water partition coefficient (Wildman–Crippen LogP) is 4.53. The van der Waals surface area contributed by atoms with Gasteiger partial charge in [-0.3, -0.25) is 4.79 Å². The summed E-state index contributed by atoms with van der Waals surface area (Å²) in [6.45, 7) is 0.504. The average molecular weight is 364 g/mol. The number of carbonyl (C=O) groups excluding carboxylic acids is 1. The maximum Gasteiger partial charge on any atom is 0.230 e. The van der Waals surface area contributed by atoms with E-state index >= 15 is 0 Å². The number of pyridine rings is 1. The number of nitrogens with one attached hydrogen (secondary N) is 1. The maximum atomic E-state index is 13.1. The van der Waals surface area contributed by atoms with Crippen LogP contribution in [0.3, 0.4) is 0 Å². The van der Waals surface area contributed by atoms with Crippen LogP contribution >= 0.6 is 0 Å². The van der Waals surface area contributed by atoms with Crippen LogP contribution < -0.4 is 10.1 Å². The van der Waals surface area contributed by atoms with Gasteiger partial charge in [0.1, 0.15) is 6.10 Å². The zero-order valence-electron chi connectivity index (χ0n) is 15.8. The first-order valence-electron chi connectivity index (χ1n) is 10.2. The lowest BCUT2D eigenvalue weighted by atomic mass is 9.78. The number of rotatable bonds is 6. The molecule has 0 radical (unpaired) electrons. The van der Waals surface area contributed by atoms with Crippen molar-refractivity contribution in [3.63, 3.8) is 0 Å². The van der Waals surface area contributed by atoms with Gasteiger partial charge in [-0.1, -0.05) is 49.2 Å². The minimum absolute atomic E-state index is 0.137. The highest BCUT2D eigenvalue weighted by atomic mass is 16.5. The van der Waals surface area contributed by atoms with Crippen molar-refractivity contribution in [3.05, 3.63) is 59.8 Å². The van der Waals surface area contributed by atoms with Gasteiger partial charge in [-0.15, -0.1) is 0 Å². The SMILES string of the molecule is O=C(NCc1ccc(OC2CCCC2)nc1)C1(c2ccccc2)CCCC1. The molecule has 2 saturated carbocycles. The molecule has 4 rings (SSSR count). The molecule has 4 nitrogen and oxygen atoms in total. The summed E-state index contributed by atoms with van der Waals surface area (Å²) >= 11 is 0. The normalized spacial score (nSPS) is 19.1. The number of benzene rings is 1. The molecular formula is C23H28N2O2. The van der Waals surface area contributed by atoms with Gasteiger partial charge < -0.3 is 10.1 Å². The highest BCUT2D eigenvalue weighted by molar-refractivity contribution is 5.88. The predicted molar refractivity (Wildman–Crippen MR) is 106 cm³/mol. The van der Waals surface area contributed by atoms with Gasteiger partial charge in [0.05, 0.1) is 5.41 Å². The third-order valence-electron chi connectivity index (χ3n) is 6.06. The molecule has 1 heterocycles. The van der Waals surface area contributed by atoms with Gasteiger partial charge in [0, 0.05) is 18.8 Å². The van der Waals surface area contributed by atoms with E-state index in [2.05, 4.69) is 22.4 Å². The van der Waals surface area contributed by atoms with Crippen molar-refractivity contribution in [3.8, 4) is 5.88 Å². The van der Waals surface area contributed by atoms with Gasteiger partial charge in [0.2, 0.25) is 11.8 Å². The van der Waals surface area contributed by atoms with Gasteiger partial charge in [-0.05, 0) is 49.7 Å². The molecule has 2 aliphatic rings. The first-order chi connectivity index (χ1) is 13.3. The number of hydrogen-bond donors (Lipinski definition) is 1. The van der Waals surface area contributed by atoms with Crippen LogP contribution in [-0.4, -0.2) is 17.0 Å². The van der Waals surface area contributed by atoms with Crippen LogP contribution in [0.25, 0.3) is 0 Å². The minimum Gasteiger partial charge on any atom is -0.474 e. The van der Waals surface area contributed by atoms with Crippen LogP contribution in [0.2, 0.25) is 0 Å². The summed E-state index contributed by atoms with van der Waals surface area (Å²) in [6.07, 6.45) is 10.9. The van der Waals surface area contributed by atoms with E-state index in [1.807, 2.05) is 36.5 Å². The molecule has 1 aromatic carbocycles. The molecule has 1 aromatic heterocycles. The summed E-state index contributed by atoms with van der Waals surface area (Å²) in [7, 11) is 0. The Morgan fingerprint density at radius 3 is 2.44 bits per heavy atom. The first-order valence-corrected chi connectivity index (χ1v) is 10.2. The van der Waals surface area contributed by atoms with Gasteiger partial charge in [-0.25, -0.2) is 4.98 Å². The number of aromatic nitrogens is 1. The molecule has 0 aliphatic heterocycles. The van der Waals surface area contributed by atoms with Crippen LogP contribution in [0.5, 0.6) is 5.88 Å². The number of carbonyl (C=O) groups is 1. The van der Waals surface area contributed by atoms with Gasteiger partial charge in [0.15, 0.2) is 0 Å². The molecule has 27 heavy (non-hydrogen) atoms. The average Bonchev–Trinajstić information content (AvgIpc) is 3.41. The summed E-state index contributed by atoms with van der Waals surface area (Å²) in [5.41, 5.74) is 1.77. The van der Waals surface area contributed by atoms with Gasteiger partial charge >= 0.3 is 0 Å². The van der Waals surface area contributed by atoms with Crippen molar-refractivity contribution < 1.29 is 9.53 Å². The quantitative estimate of drug-likeness (QED) is 0.819. The molecule has 0 atom stereocenters. The molecule has 0 spiro atoms. The molecular weight excluding hydrogens is 336 g/mol. The van der Waals surface area contributed by atoms with E-state index < -0.39 is 0 Å². The summed E-state index contributed by atoms with van der Waals surface area (Å²) in [5.74, 6) is 0.825. The van der Waals surface area contributed by atoms with E-state index in [9.17, 15) is 4.79 Å². The van der Waals surface area contributed by atoms with Crippen molar-refractivity contribution in [1.29, 1.82) is 0 Å². The van der Waals surface area contributed by atoms with Gasteiger partial charge in [0.25, 0.3) is 0 Å². The Balaban J connectivity index is 1.38. The van der Waals surface area contributed by atoms with Crippen molar-refractivity contribution in [2.75, 3.05) is 0 Å².